The minimum atomic E-state index is -0.0341. The minimum Gasteiger partial charge on any atom is -0.449 e. The number of carbonyl (C=O) groups is 1. The molecule has 1 aliphatic heterocycles. The summed E-state index contributed by atoms with van der Waals surface area (Å²) in [5, 5.41) is 1.46. The van der Waals surface area contributed by atoms with E-state index in [-0.39, 0.29) is 5.91 Å². The summed E-state index contributed by atoms with van der Waals surface area (Å²) in [5.74, 6) is 0.384. The Morgan fingerprint density at radius 2 is 1.91 bits per heavy atom. The van der Waals surface area contributed by atoms with Crippen molar-refractivity contribution in [1.29, 1.82) is 0 Å². The topological polar surface area (TPSA) is 36.7 Å². The predicted molar refractivity (Wildman–Crippen MR) is 88.6 cm³/mol. The summed E-state index contributed by atoms with van der Waals surface area (Å²) in [6.07, 6.45) is 0. The van der Waals surface area contributed by atoms with Crippen LogP contribution in [0.2, 0.25) is 5.02 Å². The summed E-state index contributed by atoms with van der Waals surface area (Å²) in [6.45, 7) is 9.57. The fourth-order valence-corrected chi connectivity index (χ4v) is 3.21. The van der Waals surface area contributed by atoms with E-state index in [0.717, 1.165) is 37.1 Å². The maximum Gasteiger partial charge on any atom is 0.289 e. The molecule has 0 spiro atoms. The molecule has 0 radical (unpaired) electrons. The number of fused-ring (bicyclic) bond motifs is 1. The number of benzene rings is 1. The third-order valence-corrected chi connectivity index (χ3v) is 4.74. The van der Waals surface area contributed by atoms with Gasteiger partial charge in [-0.15, -0.1) is 0 Å². The molecule has 0 bridgehead atoms. The van der Waals surface area contributed by atoms with Gasteiger partial charge in [0.1, 0.15) is 0 Å². The number of aryl methyl sites for hydroxylation is 1. The van der Waals surface area contributed by atoms with Gasteiger partial charge in [-0.25, -0.2) is 0 Å². The van der Waals surface area contributed by atoms with E-state index in [1.54, 1.807) is 6.07 Å². The largest absolute Gasteiger partial charge is 0.449 e. The molecule has 118 valence electrons. The summed E-state index contributed by atoms with van der Waals surface area (Å²) in [7, 11) is 0. The molecule has 0 atom stereocenters. The number of furan rings is 1. The number of nitrogens with zero attached hydrogens (tertiary/aromatic N) is 2. The third kappa shape index (κ3) is 2.61. The second kappa shape index (κ2) is 5.94. The van der Waals surface area contributed by atoms with Crippen LogP contribution in [0.3, 0.4) is 0 Å². The average molecular weight is 321 g/mol. The summed E-state index contributed by atoms with van der Waals surface area (Å²) >= 11 is 6.16. The van der Waals surface area contributed by atoms with Gasteiger partial charge in [-0.05, 0) is 26.8 Å². The first-order valence-electron chi connectivity index (χ1n) is 7.70. The zero-order chi connectivity index (χ0) is 15.9. The maximum absolute atomic E-state index is 12.7. The molecule has 2 aromatic rings. The molecule has 0 unspecified atom stereocenters. The van der Waals surface area contributed by atoms with Gasteiger partial charge < -0.3 is 9.32 Å². The molecule has 22 heavy (non-hydrogen) atoms. The molecular formula is C17H21ClN2O2. The summed E-state index contributed by atoms with van der Waals surface area (Å²) < 4.78 is 5.78. The van der Waals surface area contributed by atoms with E-state index in [0.29, 0.717) is 22.4 Å². The standard InChI is InChI=1S/C17H21ClN2O2/c1-11(2)19-7-9-20(10-8-19)17(21)15-12(3)13-5-4-6-14(18)16(13)22-15/h4-6,11H,7-10H2,1-3H3. The van der Waals surface area contributed by atoms with E-state index in [9.17, 15) is 4.79 Å². The quantitative estimate of drug-likeness (QED) is 0.849. The Hall–Kier alpha value is -1.52. The first kappa shape index (κ1) is 15.4. The van der Waals surface area contributed by atoms with Crippen LogP contribution in [0.1, 0.15) is 30.0 Å². The number of halogens is 1. The second-order valence-corrected chi connectivity index (χ2v) is 6.50. The van der Waals surface area contributed by atoms with Crippen LogP contribution in [0, 0.1) is 6.92 Å². The van der Waals surface area contributed by atoms with Gasteiger partial charge in [-0.2, -0.15) is 0 Å². The van der Waals surface area contributed by atoms with Crippen LogP contribution in [-0.2, 0) is 0 Å². The highest BCUT2D eigenvalue weighted by atomic mass is 35.5. The van der Waals surface area contributed by atoms with E-state index in [1.165, 1.54) is 0 Å². The van der Waals surface area contributed by atoms with E-state index >= 15 is 0 Å². The van der Waals surface area contributed by atoms with E-state index in [1.807, 2.05) is 24.0 Å². The Balaban J connectivity index is 1.84. The number of amides is 1. The number of carbonyl (C=O) groups excluding carboxylic acids is 1. The van der Waals surface area contributed by atoms with Crippen molar-refractivity contribution < 1.29 is 9.21 Å². The van der Waals surface area contributed by atoms with Gasteiger partial charge in [-0.3, -0.25) is 9.69 Å². The molecule has 0 aliphatic carbocycles. The highest BCUT2D eigenvalue weighted by Gasteiger charge is 2.27. The number of hydrogen-bond donors (Lipinski definition) is 0. The van der Waals surface area contributed by atoms with Crippen LogP contribution in [0.25, 0.3) is 11.0 Å². The lowest BCUT2D eigenvalue weighted by molar-refractivity contribution is 0.0567. The minimum absolute atomic E-state index is 0.0341. The number of hydrogen-bond acceptors (Lipinski definition) is 3. The van der Waals surface area contributed by atoms with Crippen molar-refractivity contribution in [2.75, 3.05) is 26.2 Å². The Kier molecular flexibility index (Phi) is 4.15. The molecule has 0 N–H and O–H groups in total. The Bertz CT molecular complexity index is 700. The molecular weight excluding hydrogens is 300 g/mol. The molecule has 2 heterocycles. The van der Waals surface area contributed by atoms with Gasteiger partial charge in [0.15, 0.2) is 11.3 Å². The second-order valence-electron chi connectivity index (χ2n) is 6.09. The van der Waals surface area contributed by atoms with Crippen LogP contribution in [0.15, 0.2) is 22.6 Å². The van der Waals surface area contributed by atoms with Gasteiger partial charge in [0.25, 0.3) is 5.91 Å². The molecule has 5 heteroatoms. The maximum atomic E-state index is 12.7. The van der Waals surface area contributed by atoms with Crippen molar-refractivity contribution in [2.45, 2.75) is 26.8 Å². The van der Waals surface area contributed by atoms with Gasteiger partial charge in [-0.1, -0.05) is 23.7 Å². The van der Waals surface area contributed by atoms with Crippen molar-refractivity contribution >= 4 is 28.5 Å². The fraction of sp³-hybridized carbons (Fsp3) is 0.471. The lowest BCUT2D eigenvalue weighted by Gasteiger charge is -2.36. The van der Waals surface area contributed by atoms with Crippen molar-refractivity contribution in [3.63, 3.8) is 0 Å². The fourth-order valence-electron chi connectivity index (χ4n) is 3.00. The van der Waals surface area contributed by atoms with E-state index < -0.39 is 0 Å². The molecule has 1 aromatic heterocycles. The summed E-state index contributed by atoms with van der Waals surface area (Å²) in [4.78, 5) is 17.0. The van der Waals surface area contributed by atoms with Crippen molar-refractivity contribution in [3.8, 4) is 0 Å². The number of para-hydroxylation sites is 1. The first-order valence-corrected chi connectivity index (χ1v) is 8.07. The smallest absolute Gasteiger partial charge is 0.289 e. The summed E-state index contributed by atoms with van der Waals surface area (Å²) in [6, 6.07) is 6.11. The van der Waals surface area contributed by atoms with Gasteiger partial charge in [0.05, 0.1) is 5.02 Å². The van der Waals surface area contributed by atoms with Gasteiger partial charge >= 0.3 is 0 Å². The van der Waals surface area contributed by atoms with Gasteiger partial charge in [0.2, 0.25) is 0 Å². The number of piperazine rings is 1. The van der Waals surface area contributed by atoms with E-state index in [4.69, 9.17) is 16.0 Å². The molecule has 1 aliphatic rings. The Morgan fingerprint density at radius 1 is 1.23 bits per heavy atom. The van der Waals surface area contributed by atoms with Crippen molar-refractivity contribution in [1.82, 2.24) is 9.80 Å². The molecule has 1 aromatic carbocycles. The van der Waals surface area contributed by atoms with Crippen LogP contribution in [0.5, 0.6) is 0 Å². The van der Waals surface area contributed by atoms with Crippen molar-refractivity contribution in [2.24, 2.45) is 0 Å². The van der Waals surface area contributed by atoms with Crippen LogP contribution >= 0.6 is 11.6 Å². The Labute approximate surface area is 135 Å². The first-order chi connectivity index (χ1) is 10.5. The Morgan fingerprint density at radius 3 is 2.50 bits per heavy atom. The van der Waals surface area contributed by atoms with Crippen LogP contribution < -0.4 is 0 Å². The SMILES string of the molecule is Cc1c(C(=O)N2CCN(C(C)C)CC2)oc2c(Cl)cccc12. The van der Waals surface area contributed by atoms with E-state index in [2.05, 4.69) is 18.7 Å². The highest BCUT2D eigenvalue weighted by molar-refractivity contribution is 6.35. The predicted octanol–water partition coefficient (Wildman–Crippen LogP) is 3.56. The summed E-state index contributed by atoms with van der Waals surface area (Å²) in [5.41, 5.74) is 1.47. The lowest BCUT2D eigenvalue weighted by atomic mass is 10.1. The lowest BCUT2D eigenvalue weighted by Crippen LogP contribution is -2.50. The highest BCUT2D eigenvalue weighted by Crippen LogP contribution is 2.31. The monoisotopic (exact) mass is 320 g/mol. The zero-order valence-corrected chi connectivity index (χ0v) is 14.0. The normalized spacial score (nSPS) is 16.7. The molecule has 1 fully saturated rings. The number of rotatable bonds is 2. The average Bonchev–Trinajstić information content (AvgIpc) is 2.85. The van der Waals surface area contributed by atoms with Crippen LogP contribution in [0.4, 0.5) is 0 Å². The zero-order valence-electron chi connectivity index (χ0n) is 13.2. The van der Waals surface area contributed by atoms with Gasteiger partial charge in [0, 0.05) is 43.2 Å². The molecule has 1 saturated heterocycles. The third-order valence-electron chi connectivity index (χ3n) is 4.44. The molecule has 1 amide bonds. The molecule has 0 saturated carbocycles. The van der Waals surface area contributed by atoms with Crippen LogP contribution in [-0.4, -0.2) is 47.9 Å². The van der Waals surface area contributed by atoms with Crippen molar-refractivity contribution in [3.05, 3.63) is 34.5 Å². The molecule has 4 nitrogen and oxygen atoms in total. The molecule has 3 rings (SSSR count).